The summed E-state index contributed by atoms with van der Waals surface area (Å²) in [5.74, 6) is 0.196. The smallest absolute Gasteiger partial charge is 0.239 e. The van der Waals surface area contributed by atoms with E-state index in [1.807, 2.05) is 13.8 Å². The summed E-state index contributed by atoms with van der Waals surface area (Å²) >= 11 is 0. The van der Waals surface area contributed by atoms with Crippen molar-refractivity contribution >= 4 is 18.3 Å². The van der Waals surface area contributed by atoms with Crippen molar-refractivity contribution in [3.63, 3.8) is 0 Å². The Morgan fingerprint density at radius 3 is 2.27 bits per heavy atom. The SMILES string of the molecule is CC(C)C(N)C(=O)N1CCC(O)CC1.Cl. The van der Waals surface area contributed by atoms with Crippen LogP contribution in [0.15, 0.2) is 0 Å². The maximum Gasteiger partial charge on any atom is 0.239 e. The molecule has 90 valence electrons. The molecule has 0 spiro atoms. The van der Waals surface area contributed by atoms with Gasteiger partial charge in [-0.3, -0.25) is 4.79 Å². The standard InChI is InChI=1S/C10H20N2O2.ClH/c1-7(2)9(11)10(14)12-5-3-8(13)4-6-12;/h7-9,13H,3-6,11H2,1-2H3;1H. The molecule has 1 saturated heterocycles. The fraction of sp³-hybridized carbons (Fsp3) is 0.900. The highest BCUT2D eigenvalue weighted by Crippen LogP contribution is 2.12. The van der Waals surface area contributed by atoms with E-state index in [9.17, 15) is 9.90 Å². The third-order valence-electron chi connectivity index (χ3n) is 2.78. The lowest BCUT2D eigenvalue weighted by atomic mass is 10.0. The number of nitrogens with zero attached hydrogens (tertiary/aromatic N) is 1. The van der Waals surface area contributed by atoms with Crippen molar-refractivity contribution in [2.45, 2.75) is 38.8 Å². The number of hydrogen-bond donors (Lipinski definition) is 2. The number of likely N-dealkylation sites (tertiary alicyclic amines) is 1. The number of piperidine rings is 1. The molecule has 4 nitrogen and oxygen atoms in total. The molecule has 0 aliphatic carbocycles. The van der Waals surface area contributed by atoms with Crippen LogP contribution in [0.5, 0.6) is 0 Å². The van der Waals surface area contributed by atoms with Gasteiger partial charge >= 0.3 is 0 Å². The molecule has 1 fully saturated rings. The number of carbonyl (C=O) groups excluding carboxylic acids is 1. The van der Waals surface area contributed by atoms with Gasteiger partial charge in [-0.05, 0) is 18.8 Å². The summed E-state index contributed by atoms with van der Waals surface area (Å²) in [5, 5.41) is 9.29. The van der Waals surface area contributed by atoms with E-state index in [0.29, 0.717) is 25.9 Å². The second-order valence-corrected chi connectivity index (χ2v) is 4.33. The lowest BCUT2D eigenvalue weighted by Gasteiger charge is -2.32. The van der Waals surface area contributed by atoms with Gasteiger partial charge in [-0.2, -0.15) is 0 Å². The lowest BCUT2D eigenvalue weighted by molar-refractivity contribution is -0.135. The molecule has 1 atom stereocenters. The number of carbonyl (C=O) groups is 1. The van der Waals surface area contributed by atoms with E-state index in [0.717, 1.165) is 0 Å². The van der Waals surface area contributed by atoms with Crippen LogP contribution in [0, 0.1) is 5.92 Å². The van der Waals surface area contributed by atoms with Gasteiger partial charge in [0, 0.05) is 13.1 Å². The third-order valence-corrected chi connectivity index (χ3v) is 2.78. The third kappa shape index (κ3) is 3.97. The van der Waals surface area contributed by atoms with Crippen LogP contribution in [-0.4, -0.2) is 41.1 Å². The topological polar surface area (TPSA) is 66.6 Å². The highest BCUT2D eigenvalue weighted by molar-refractivity contribution is 5.85. The summed E-state index contributed by atoms with van der Waals surface area (Å²) in [6, 6.07) is -0.398. The normalized spacial score (nSPS) is 19.9. The Labute approximate surface area is 97.2 Å². The molecule has 1 amide bonds. The molecule has 1 aliphatic rings. The van der Waals surface area contributed by atoms with Crippen molar-refractivity contribution in [1.29, 1.82) is 0 Å². The highest BCUT2D eigenvalue weighted by Gasteiger charge is 2.26. The average molecular weight is 237 g/mol. The van der Waals surface area contributed by atoms with Crippen LogP contribution in [0.4, 0.5) is 0 Å². The molecule has 1 aliphatic heterocycles. The van der Waals surface area contributed by atoms with Crippen molar-refractivity contribution in [3.05, 3.63) is 0 Å². The van der Waals surface area contributed by atoms with Gasteiger partial charge in [-0.25, -0.2) is 0 Å². The zero-order chi connectivity index (χ0) is 10.7. The van der Waals surface area contributed by atoms with Gasteiger partial charge in [0.25, 0.3) is 0 Å². The molecule has 0 radical (unpaired) electrons. The maximum absolute atomic E-state index is 11.8. The quantitative estimate of drug-likeness (QED) is 0.728. The highest BCUT2D eigenvalue weighted by atomic mass is 35.5. The molecule has 3 N–H and O–H groups in total. The second-order valence-electron chi connectivity index (χ2n) is 4.33. The largest absolute Gasteiger partial charge is 0.393 e. The number of amides is 1. The first-order valence-corrected chi connectivity index (χ1v) is 5.24. The number of aliphatic hydroxyl groups is 1. The Morgan fingerprint density at radius 2 is 1.87 bits per heavy atom. The minimum atomic E-state index is -0.398. The Balaban J connectivity index is 0.00000196. The number of nitrogens with two attached hydrogens (primary N) is 1. The van der Waals surface area contributed by atoms with Crippen LogP contribution < -0.4 is 5.73 Å². The van der Waals surface area contributed by atoms with E-state index >= 15 is 0 Å². The van der Waals surface area contributed by atoms with E-state index < -0.39 is 6.04 Å². The minimum Gasteiger partial charge on any atom is -0.393 e. The van der Waals surface area contributed by atoms with Gasteiger partial charge in [-0.1, -0.05) is 13.8 Å². The molecule has 0 aromatic carbocycles. The van der Waals surface area contributed by atoms with Gasteiger partial charge in [0.1, 0.15) is 0 Å². The molecule has 1 unspecified atom stereocenters. The van der Waals surface area contributed by atoms with Gasteiger partial charge in [0.05, 0.1) is 12.1 Å². The second kappa shape index (κ2) is 6.30. The van der Waals surface area contributed by atoms with Crippen LogP contribution in [0.3, 0.4) is 0 Å². The maximum atomic E-state index is 11.8. The molecule has 1 heterocycles. The van der Waals surface area contributed by atoms with Crippen molar-refractivity contribution in [2.75, 3.05) is 13.1 Å². The Hall–Kier alpha value is -0.320. The summed E-state index contributed by atoms with van der Waals surface area (Å²) in [6.07, 6.45) is 1.11. The van der Waals surface area contributed by atoms with Gasteiger partial charge in [0.15, 0.2) is 0 Å². The molecule has 0 saturated carbocycles. The number of rotatable bonds is 2. The first-order valence-electron chi connectivity index (χ1n) is 5.24. The number of halogens is 1. The summed E-state index contributed by atoms with van der Waals surface area (Å²) < 4.78 is 0. The fourth-order valence-electron chi connectivity index (χ4n) is 1.58. The van der Waals surface area contributed by atoms with E-state index in [1.54, 1.807) is 4.90 Å². The van der Waals surface area contributed by atoms with Crippen LogP contribution in [0.2, 0.25) is 0 Å². The van der Waals surface area contributed by atoms with E-state index in [2.05, 4.69) is 0 Å². The Morgan fingerprint density at radius 1 is 1.40 bits per heavy atom. The summed E-state index contributed by atoms with van der Waals surface area (Å²) in [7, 11) is 0. The van der Waals surface area contributed by atoms with Crippen molar-refractivity contribution in [2.24, 2.45) is 11.7 Å². The van der Waals surface area contributed by atoms with Gasteiger partial charge < -0.3 is 15.7 Å². The van der Waals surface area contributed by atoms with E-state index in [4.69, 9.17) is 5.73 Å². The lowest BCUT2D eigenvalue weighted by Crippen LogP contribution is -2.49. The molecular weight excluding hydrogens is 216 g/mol. The fourth-order valence-corrected chi connectivity index (χ4v) is 1.58. The molecule has 0 aromatic heterocycles. The van der Waals surface area contributed by atoms with Crippen LogP contribution in [0.25, 0.3) is 0 Å². The summed E-state index contributed by atoms with van der Waals surface area (Å²) in [5.41, 5.74) is 5.77. The average Bonchev–Trinajstić information content (AvgIpc) is 2.16. The molecule has 15 heavy (non-hydrogen) atoms. The van der Waals surface area contributed by atoms with E-state index in [1.165, 1.54) is 0 Å². The first-order chi connectivity index (χ1) is 6.52. The summed E-state index contributed by atoms with van der Waals surface area (Å²) in [6.45, 7) is 5.17. The monoisotopic (exact) mass is 236 g/mol. The molecule has 5 heteroatoms. The van der Waals surface area contributed by atoms with Crippen LogP contribution >= 0.6 is 12.4 Å². The summed E-state index contributed by atoms with van der Waals surface area (Å²) in [4.78, 5) is 13.5. The zero-order valence-corrected chi connectivity index (χ0v) is 10.2. The first kappa shape index (κ1) is 14.7. The van der Waals surface area contributed by atoms with Crippen LogP contribution in [-0.2, 0) is 4.79 Å². The predicted octanol–water partition coefficient (Wildman–Crippen LogP) is 0.375. The van der Waals surface area contributed by atoms with Gasteiger partial charge in [0.2, 0.25) is 5.91 Å². The number of aliphatic hydroxyl groups excluding tert-OH is 1. The number of hydrogen-bond acceptors (Lipinski definition) is 3. The minimum absolute atomic E-state index is 0. The molecule has 0 aromatic rings. The molecule has 0 bridgehead atoms. The molecular formula is C10H21ClN2O2. The van der Waals surface area contributed by atoms with Gasteiger partial charge in [-0.15, -0.1) is 12.4 Å². The Bertz CT molecular complexity index is 204. The predicted molar refractivity (Wildman–Crippen MR) is 61.9 cm³/mol. The Kier molecular flexibility index (Phi) is 6.17. The van der Waals surface area contributed by atoms with Crippen molar-refractivity contribution in [3.8, 4) is 0 Å². The zero-order valence-electron chi connectivity index (χ0n) is 9.35. The van der Waals surface area contributed by atoms with Crippen LogP contribution in [0.1, 0.15) is 26.7 Å². The van der Waals surface area contributed by atoms with Crippen molar-refractivity contribution < 1.29 is 9.90 Å². The van der Waals surface area contributed by atoms with E-state index in [-0.39, 0.29) is 30.3 Å². The van der Waals surface area contributed by atoms with Crippen molar-refractivity contribution in [1.82, 2.24) is 4.90 Å². The molecule has 1 rings (SSSR count).